The number of hydrogen-bond donors (Lipinski definition) is 0. The maximum Gasteiger partial charge on any atom is 0.135 e. The van der Waals surface area contributed by atoms with Crippen LogP contribution in [0.1, 0.15) is 52.0 Å². The molecule has 7 heteroatoms. The van der Waals surface area contributed by atoms with Gasteiger partial charge >= 0.3 is 0 Å². The molecule has 0 spiro atoms. The first-order valence-corrected chi connectivity index (χ1v) is 16.4. The monoisotopic (exact) mass is 797 g/mol. The van der Waals surface area contributed by atoms with Gasteiger partial charge in [0.15, 0.2) is 0 Å². The molecule has 2 bridgehead atoms. The molecule has 9 rings (SSSR count). The molecule has 2 fully saturated rings. The molecule has 0 amide bonds. The molecule has 0 N–H and O–H groups in total. The van der Waals surface area contributed by atoms with E-state index < -0.39 is 0 Å². The van der Waals surface area contributed by atoms with E-state index in [4.69, 9.17) is 14.7 Å². The number of aromatic nitrogens is 3. The van der Waals surface area contributed by atoms with E-state index in [9.17, 15) is 0 Å². The Bertz CT molecular complexity index is 2120. The van der Waals surface area contributed by atoms with Gasteiger partial charge in [0.05, 0.1) is 0 Å². The number of benzene rings is 3. The third-order valence-corrected chi connectivity index (χ3v) is 10.2. The van der Waals surface area contributed by atoms with Gasteiger partial charge in [0, 0.05) is 62.2 Å². The van der Waals surface area contributed by atoms with Crippen molar-refractivity contribution in [2.75, 3.05) is 9.80 Å². The quantitative estimate of drug-likeness (QED) is 0.163. The van der Waals surface area contributed by atoms with Crippen molar-refractivity contribution in [3.63, 3.8) is 0 Å². The molecule has 240 valence electrons. The number of fused-ring (bicyclic) bond motifs is 6. The van der Waals surface area contributed by atoms with Crippen molar-refractivity contribution < 1.29 is 25.8 Å². The summed E-state index contributed by atoms with van der Waals surface area (Å²) in [7, 11) is 0. The predicted molar refractivity (Wildman–Crippen MR) is 184 cm³/mol. The zero-order valence-corrected chi connectivity index (χ0v) is 29.0. The fourth-order valence-corrected chi connectivity index (χ4v) is 7.94. The number of para-hydroxylation sites is 1. The summed E-state index contributed by atoms with van der Waals surface area (Å²) in [6, 6.07) is 34.8. The van der Waals surface area contributed by atoms with Gasteiger partial charge in [-0.3, -0.25) is 0 Å². The van der Waals surface area contributed by atoms with E-state index in [-0.39, 0.29) is 26.5 Å². The summed E-state index contributed by atoms with van der Waals surface area (Å²) in [6.07, 6.45) is 9.12. The van der Waals surface area contributed by atoms with Crippen LogP contribution in [0.25, 0.3) is 27.6 Å². The molecule has 0 radical (unpaired) electrons. The SMILES string of the molecule is CC(C)(C)c1ccnc(-n2c3[c-]c(Oc4[c-]c(N5[CH-]N(C6CC7CCC6C7)c6cccnc65)ccc4)ccc3c3ccccc32)c1.[Pt]. The van der Waals surface area contributed by atoms with Crippen molar-refractivity contribution in [2.45, 2.75) is 57.9 Å². The third-order valence-electron chi connectivity index (χ3n) is 10.2. The summed E-state index contributed by atoms with van der Waals surface area (Å²) < 4.78 is 8.68. The van der Waals surface area contributed by atoms with Crippen molar-refractivity contribution >= 4 is 39.0 Å². The van der Waals surface area contributed by atoms with Gasteiger partial charge in [-0.25, -0.2) is 9.97 Å². The molecule has 0 saturated heterocycles. The van der Waals surface area contributed by atoms with Crippen LogP contribution in [0.3, 0.4) is 0 Å². The van der Waals surface area contributed by atoms with Crippen LogP contribution >= 0.6 is 0 Å². The Hall–Kier alpha value is -4.15. The molecule has 1 aliphatic heterocycles. The maximum atomic E-state index is 6.49. The number of hydrogen-bond acceptors (Lipinski definition) is 5. The maximum absolute atomic E-state index is 6.49. The molecule has 2 saturated carbocycles. The van der Waals surface area contributed by atoms with Crippen LogP contribution in [0, 0.1) is 30.6 Å². The number of anilines is 3. The van der Waals surface area contributed by atoms with Gasteiger partial charge in [0.25, 0.3) is 0 Å². The molecule has 4 heterocycles. The summed E-state index contributed by atoms with van der Waals surface area (Å²) in [5.41, 5.74) is 5.34. The fraction of sp³-hybridized carbons (Fsp3) is 0.275. The minimum Gasteiger partial charge on any atom is -0.509 e. The minimum absolute atomic E-state index is 0. The van der Waals surface area contributed by atoms with E-state index in [2.05, 4.69) is 109 Å². The van der Waals surface area contributed by atoms with Gasteiger partial charge < -0.3 is 19.1 Å². The number of ether oxygens (including phenoxy) is 1. The van der Waals surface area contributed by atoms with Crippen molar-refractivity contribution in [1.29, 1.82) is 0 Å². The summed E-state index contributed by atoms with van der Waals surface area (Å²) in [5, 5.41) is 2.27. The standard InChI is InChI=1S/C40H36N5O.Pt/c1-40(2,3)28-17-19-41-38(22-28)45-34-11-5-4-10-32(34)33-16-15-31(24-37(33)45)46-30-9-6-8-29(23-30)43-25-44(35-12-7-18-42-39(35)43)36-21-26-13-14-27(36)20-26;/h4-12,15-19,22,25-27,36H,13-14,20-21H2,1-3H3;/q-3;. The molecule has 3 unspecified atom stereocenters. The van der Waals surface area contributed by atoms with E-state index >= 15 is 0 Å². The smallest absolute Gasteiger partial charge is 0.135 e. The van der Waals surface area contributed by atoms with Crippen LogP contribution in [-0.2, 0) is 26.5 Å². The van der Waals surface area contributed by atoms with E-state index in [1.807, 2.05) is 36.7 Å². The van der Waals surface area contributed by atoms with Gasteiger partial charge in [-0.05, 0) is 77.8 Å². The van der Waals surface area contributed by atoms with Crippen LogP contribution in [-0.4, -0.2) is 20.6 Å². The predicted octanol–water partition coefficient (Wildman–Crippen LogP) is 9.53. The molecule has 3 atom stereocenters. The zero-order valence-electron chi connectivity index (χ0n) is 26.8. The molecule has 3 aromatic heterocycles. The first kappa shape index (κ1) is 30.2. The van der Waals surface area contributed by atoms with E-state index in [0.29, 0.717) is 17.5 Å². The second-order valence-corrected chi connectivity index (χ2v) is 14.1. The second kappa shape index (κ2) is 11.5. The number of rotatable bonds is 5. The molecular weight excluding hydrogens is 762 g/mol. The largest absolute Gasteiger partial charge is 0.509 e. The Kier molecular flexibility index (Phi) is 7.40. The second-order valence-electron chi connectivity index (χ2n) is 14.1. The fourth-order valence-electron chi connectivity index (χ4n) is 7.94. The van der Waals surface area contributed by atoms with Crippen LogP contribution in [0.15, 0.2) is 91.3 Å². The van der Waals surface area contributed by atoms with Gasteiger partial charge in [-0.15, -0.1) is 42.4 Å². The average Bonchev–Trinajstić information content (AvgIpc) is 3.86. The molecule has 47 heavy (non-hydrogen) atoms. The minimum atomic E-state index is 0. The van der Waals surface area contributed by atoms with Gasteiger partial charge in [-0.1, -0.05) is 56.6 Å². The Morgan fingerprint density at radius 2 is 1.70 bits per heavy atom. The van der Waals surface area contributed by atoms with E-state index in [0.717, 1.165) is 51.0 Å². The normalized spacial score (nSPS) is 20.2. The molecule has 2 aliphatic carbocycles. The zero-order chi connectivity index (χ0) is 31.0. The third kappa shape index (κ3) is 5.13. The van der Waals surface area contributed by atoms with Crippen LogP contribution in [0.5, 0.6) is 11.5 Å². The Labute approximate surface area is 290 Å². The molecule has 6 aromatic rings. The topological polar surface area (TPSA) is 46.4 Å². The van der Waals surface area contributed by atoms with E-state index in [1.165, 1.54) is 36.9 Å². The van der Waals surface area contributed by atoms with Crippen molar-refractivity contribution in [3.05, 3.63) is 116 Å². The van der Waals surface area contributed by atoms with Gasteiger partial charge in [0.2, 0.25) is 0 Å². The molecule has 6 nitrogen and oxygen atoms in total. The Balaban J connectivity index is 0.00000324. The van der Waals surface area contributed by atoms with E-state index in [1.54, 1.807) is 0 Å². The molecule has 3 aromatic carbocycles. The number of pyridine rings is 2. The molecule has 3 aliphatic rings. The summed E-state index contributed by atoms with van der Waals surface area (Å²) in [6.45, 7) is 8.91. The Morgan fingerprint density at radius 3 is 2.53 bits per heavy atom. The Morgan fingerprint density at radius 1 is 0.830 bits per heavy atom. The summed E-state index contributed by atoms with van der Waals surface area (Å²) in [5.74, 6) is 4.71. The number of nitrogens with zero attached hydrogens (tertiary/aromatic N) is 5. The van der Waals surface area contributed by atoms with Gasteiger partial charge in [-0.2, -0.15) is 12.1 Å². The van der Waals surface area contributed by atoms with Crippen LogP contribution in [0.4, 0.5) is 17.2 Å². The van der Waals surface area contributed by atoms with Crippen LogP contribution in [0.2, 0.25) is 0 Å². The summed E-state index contributed by atoms with van der Waals surface area (Å²) >= 11 is 0. The first-order chi connectivity index (χ1) is 22.4. The first-order valence-electron chi connectivity index (χ1n) is 16.4. The van der Waals surface area contributed by atoms with Crippen LogP contribution < -0.4 is 14.5 Å². The van der Waals surface area contributed by atoms with Crippen molar-refractivity contribution in [2.24, 2.45) is 11.8 Å². The molecular formula is C40H36N5OPt-3. The van der Waals surface area contributed by atoms with Crippen molar-refractivity contribution in [1.82, 2.24) is 14.5 Å². The summed E-state index contributed by atoms with van der Waals surface area (Å²) in [4.78, 5) is 14.2. The average molecular weight is 798 g/mol. The van der Waals surface area contributed by atoms with Gasteiger partial charge in [0.1, 0.15) is 11.6 Å². The van der Waals surface area contributed by atoms with Crippen molar-refractivity contribution in [3.8, 4) is 17.3 Å².